The highest BCUT2D eigenvalue weighted by atomic mass is 35.5. The molecule has 1 saturated heterocycles. The Morgan fingerprint density at radius 3 is 3.00 bits per heavy atom. The lowest BCUT2D eigenvalue weighted by molar-refractivity contribution is 0.259. The molecule has 3 aromatic rings. The third-order valence-electron chi connectivity index (χ3n) is 4.77. The van der Waals surface area contributed by atoms with E-state index in [2.05, 4.69) is 10.3 Å². The molecule has 0 aliphatic carbocycles. The van der Waals surface area contributed by atoms with Gasteiger partial charge in [-0.15, -0.1) is 11.3 Å². The van der Waals surface area contributed by atoms with E-state index in [0.29, 0.717) is 17.5 Å². The minimum atomic E-state index is 0.0209. The number of thiophene rings is 1. The zero-order valence-corrected chi connectivity index (χ0v) is 16.2. The van der Waals surface area contributed by atoms with Crippen LogP contribution in [-0.2, 0) is 6.61 Å². The van der Waals surface area contributed by atoms with E-state index in [9.17, 15) is 5.11 Å². The van der Waals surface area contributed by atoms with Crippen LogP contribution in [0.5, 0.6) is 5.75 Å². The van der Waals surface area contributed by atoms with Crippen LogP contribution in [0.1, 0.15) is 16.9 Å². The van der Waals surface area contributed by atoms with Gasteiger partial charge >= 0.3 is 0 Å². The fourth-order valence-corrected chi connectivity index (χ4v) is 4.73. The van der Waals surface area contributed by atoms with Crippen molar-refractivity contribution < 1.29 is 9.84 Å². The predicted octanol–water partition coefficient (Wildman–Crippen LogP) is 4.41. The van der Waals surface area contributed by atoms with Crippen molar-refractivity contribution in [2.24, 2.45) is 5.92 Å². The van der Waals surface area contributed by atoms with E-state index >= 15 is 0 Å². The van der Waals surface area contributed by atoms with Crippen LogP contribution in [0.3, 0.4) is 0 Å². The van der Waals surface area contributed by atoms with Crippen LogP contribution in [-0.4, -0.2) is 29.8 Å². The topological polar surface area (TPSA) is 54.4 Å². The van der Waals surface area contributed by atoms with Crippen molar-refractivity contribution in [1.82, 2.24) is 10.3 Å². The molecule has 1 fully saturated rings. The van der Waals surface area contributed by atoms with Crippen molar-refractivity contribution in [3.05, 3.63) is 45.9 Å². The molecule has 2 N–H and O–H groups in total. The van der Waals surface area contributed by atoms with Crippen molar-refractivity contribution in [2.75, 3.05) is 19.7 Å². The third-order valence-corrected chi connectivity index (χ3v) is 6.13. The molecule has 1 unspecified atom stereocenters. The van der Waals surface area contributed by atoms with E-state index in [4.69, 9.17) is 16.3 Å². The second-order valence-corrected chi connectivity index (χ2v) is 8.29. The fraction of sp³-hybridized carbons (Fsp3) is 0.350. The number of nitrogens with zero attached hydrogens (tertiary/aromatic N) is 1. The number of aromatic nitrogens is 1. The van der Waals surface area contributed by atoms with Crippen molar-refractivity contribution >= 4 is 33.2 Å². The summed E-state index contributed by atoms with van der Waals surface area (Å²) in [5, 5.41) is 13.6. The number of nitrogens with one attached hydrogen (secondary N) is 1. The van der Waals surface area contributed by atoms with Gasteiger partial charge in [0.2, 0.25) is 0 Å². The van der Waals surface area contributed by atoms with E-state index in [1.807, 2.05) is 31.2 Å². The Labute approximate surface area is 161 Å². The van der Waals surface area contributed by atoms with Crippen molar-refractivity contribution in [2.45, 2.75) is 20.0 Å². The van der Waals surface area contributed by atoms with Crippen LogP contribution >= 0.6 is 22.9 Å². The molecule has 1 aliphatic rings. The quantitative estimate of drug-likeness (QED) is 0.680. The first-order chi connectivity index (χ1) is 12.7. The molecule has 4 nitrogen and oxygen atoms in total. The number of aliphatic hydroxyl groups is 1. The molecule has 0 spiro atoms. The molecule has 0 radical (unpaired) electrons. The zero-order valence-electron chi connectivity index (χ0n) is 14.6. The molecule has 136 valence electrons. The number of hydrogen-bond donors (Lipinski definition) is 2. The van der Waals surface area contributed by atoms with Crippen LogP contribution in [0.25, 0.3) is 21.3 Å². The highest BCUT2D eigenvalue weighted by Crippen LogP contribution is 2.41. The first-order valence-corrected chi connectivity index (χ1v) is 9.97. The van der Waals surface area contributed by atoms with Gasteiger partial charge in [-0.2, -0.15) is 0 Å². The van der Waals surface area contributed by atoms with Gasteiger partial charge in [0.25, 0.3) is 0 Å². The van der Waals surface area contributed by atoms with Crippen molar-refractivity contribution in [3.63, 3.8) is 0 Å². The highest BCUT2D eigenvalue weighted by Gasteiger charge is 2.19. The van der Waals surface area contributed by atoms with Crippen molar-refractivity contribution in [1.29, 1.82) is 0 Å². The minimum absolute atomic E-state index is 0.0209. The maximum Gasteiger partial charge on any atom is 0.130 e. The van der Waals surface area contributed by atoms with Crippen LogP contribution in [0.4, 0.5) is 0 Å². The molecule has 1 atom stereocenters. The Morgan fingerprint density at radius 2 is 2.23 bits per heavy atom. The molecule has 0 amide bonds. The van der Waals surface area contributed by atoms with Gasteiger partial charge in [0.1, 0.15) is 5.75 Å². The number of rotatable bonds is 5. The largest absolute Gasteiger partial charge is 0.492 e. The highest BCUT2D eigenvalue weighted by molar-refractivity contribution is 7.19. The number of hydrogen-bond acceptors (Lipinski definition) is 5. The molecule has 0 bridgehead atoms. The molecule has 0 saturated carbocycles. The molecule has 1 aliphatic heterocycles. The average molecular weight is 389 g/mol. The van der Waals surface area contributed by atoms with Gasteiger partial charge in [0.15, 0.2) is 0 Å². The molecule has 4 rings (SSSR count). The smallest absolute Gasteiger partial charge is 0.130 e. The van der Waals surface area contributed by atoms with Crippen LogP contribution in [0, 0.1) is 12.8 Å². The van der Waals surface area contributed by atoms with E-state index < -0.39 is 0 Å². The number of benzene rings is 1. The summed E-state index contributed by atoms with van der Waals surface area (Å²) in [5.74, 6) is 1.42. The van der Waals surface area contributed by atoms with Crippen LogP contribution in [0.15, 0.2) is 30.5 Å². The van der Waals surface area contributed by atoms with Gasteiger partial charge in [-0.3, -0.25) is 4.98 Å². The standard InChI is InChI=1S/C20H21ClN2O2S/c1-12-6-14(21)7-17(19(12)25-11-13-2-4-22-9-13)16-3-5-23-18-8-15(10-24)26-20(16)18/h3,5-8,13,22,24H,2,4,9-11H2,1H3. The lowest BCUT2D eigenvalue weighted by Crippen LogP contribution is -2.16. The summed E-state index contributed by atoms with van der Waals surface area (Å²) in [4.78, 5) is 5.34. The SMILES string of the molecule is Cc1cc(Cl)cc(-c2ccnc3cc(CO)sc23)c1OCC1CCNC1. The summed E-state index contributed by atoms with van der Waals surface area (Å²) in [6.45, 7) is 4.82. The van der Waals surface area contributed by atoms with Crippen molar-refractivity contribution in [3.8, 4) is 16.9 Å². The lowest BCUT2D eigenvalue weighted by Gasteiger charge is -2.18. The van der Waals surface area contributed by atoms with E-state index in [0.717, 1.165) is 57.0 Å². The second-order valence-electron chi connectivity index (χ2n) is 6.71. The molecular formula is C20H21ClN2O2S. The summed E-state index contributed by atoms with van der Waals surface area (Å²) < 4.78 is 7.33. The average Bonchev–Trinajstić information content (AvgIpc) is 3.29. The van der Waals surface area contributed by atoms with Crippen LogP contribution < -0.4 is 10.1 Å². The van der Waals surface area contributed by atoms with E-state index in [1.165, 1.54) is 0 Å². The van der Waals surface area contributed by atoms with Gasteiger partial charge in [-0.25, -0.2) is 0 Å². The third kappa shape index (κ3) is 3.45. The number of fused-ring (bicyclic) bond motifs is 1. The van der Waals surface area contributed by atoms with Gasteiger partial charge in [0.05, 0.1) is 23.4 Å². The van der Waals surface area contributed by atoms with E-state index in [-0.39, 0.29) is 6.61 Å². The Balaban J connectivity index is 1.78. The second kappa shape index (κ2) is 7.53. The Hall–Kier alpha value is -1.66. The number of pyridine rings is 1. The number of halogens is 1. The summed E-state index contributed by atoms with van der Waals surface area (Å²) in [5.41, 5.74) is 3.95. The van der Waals surface area contributed by atoms with E-state index in [1.54, 1.807) is 17.5 Å². The predicted molar refractivity (Wildman–Crippen MR) is 107 cm³/mol. The number of ether oxygens (including phenoxy) is 1. The number of aryl methyl sites for hydroxylation is 1. The first-order valence-electron chi connectivity index (χ1n) is 8.78. The van der Waals surface area contributed by atoms with Gasteiger partial charge in [0, 0.05) is 39.7 Å². The lowest BCUT2D eigenvalue weighted by atomic mass is 10.0. The fourth-order valence-electron chi connectivity index (χ4n) is 3.46. The molecule has 26 heavy (non-hydrogen) atoms. The number of aliphatic hydroxyl groups excluding tert-OH is 1. The summed E-state index contributed by atoms with van der Waals surface area (Å²) in [6.07, 6.45) is 2.94. The molecule has 6 heteroatoms. The molecule has 2 aromatic heterocycles. The van der Waals surface area contributed by atoms with Gasteiger partial charge in [-0.05, 0) is 49.7 Å². The first kappa shape index (κ1) is 17.7. The molecular weight excluding hydrogens is 368 g/mol. The monoisotopic (exact) mass is 388 g/mol. The maximum atomic E-state index is 9.48. The molecule has 3 heterocycles. The summed E-state index contributed by atoms with van der Waals surface area (Å²) >= 11 is 7.93. The van der Waals surface area contributed by atoms with Gasteiger partial charge in [-0.1, -0.05) is 11.6 Å². The zero-order chi connectivity index (χ0) is 18.1. The normalized spacial score (nSPS) is 17.1. The summed E-state index contributed by atoms with van der Waals surface area (Å²) in [6, 6.07) is 7.84. The van der Waals surface area contributed by atoms with Gasteiger partial charge < -0.3 is 15.2 Å². The summed E-state index contributed by atoms with van der Waals surface area (Å²) in [7, 11) is 0. The Kier molecular flexibility index (Phi) is 5.14. The Morgan fingerprint density at radius 1 is 1.35 bits per heavy atom. The maximum absolute atomic E-state index is 9.48. The molecule has 1 aromatic carbocycles. The Bertz CT molecular complexity index is 935. The minimum Gasteiger partial charge on any atom is -0.492 e. The van der Waals surface area contributed by atoms with Crippen LogP contribution in [0.2, 0.25) is 5.02 Å².